The summed E-state index contributed by atoms with van der Waals surface area (Å²) in [6.07, 6.45) is 4.19. The van der Waals surface area contributed by atoms with E-state index in [0.29, 0.717) is 18.9 Å². The van der Waals surface area contributed by atoms with Gasteiger partial charge in [0.2, 0.25) is 0 Å². The third-order valence-corrected chi connectivity index (χ3v) is 5.42. The van der Waals surface area contributed by atoms with E-state index in [1.165, 1.54) is 5.56 Å². The predicted octanol–water partition coefficient (Wildman–Crippen LogP) is 2.35. The zero-order valence-corrected chi connectivity index (χ0v) is 17.3. The summed E-state index contributed by atoms with van der Waals surface area (Å²) in [5, 5.41) is 15.6. The lowest BCUT2D eigenvalue weighted by atomic mass is 10.0. The first-order valence-electron chi connectivity index (χ1n) is 9.97. The lowest BCUT2D eigenvalue weighted by molar-refractivity contribution is 0.0561. The molecule has 1 aromatic carbocycles. The number of aliphatic hydroxyl groups is 1. The Hall–Kier alpha value is -2.77. The van der Waals surface area contributed by atoms with Crippen LogP contribution < -0.4 is 4.90 Å². The molecule has 7 nitrogen and oxygen atoms in total. The second kappa shape index (κ2) is 7.93. The van der Waals surface area contributed by atoms with Crippen molar-refractivity contribution in [2.24, 2.45) is 0 Å². The van der Waals surface area contributed by atoms with Crippen molar-refractivity contribution in [3.05, 3.63) is 65.7 Å². The maximum absolute atomic E-state index is 11.2. The highest BCUT2D eigenvalue weighted by molar-refractivity contribution is 5.39. The van der Waals surface area contributed by atoms with E-state index in [4.69, 9.17) is 4.98 Å². The van der Waals surface area contributed by atoms with Crippen LogP contribution in [0.15, 0.2) is 48.8 Å². The summed E-state index contributed by atoms with van der Waals surface area (Å²) in [6, 6.07) is 12.4. The standard InChI is InChI=1S/C22H28N6O/c1-17-11-18(2)28(25-17)21-13-23-12-20(24-21)26(3)15-22(29)9-10-27(16-22)14-19-7-5-4-6-8-19/h4-8,11-13,29H,9-10,14-16H2,1-3H3. The smallest absolute Gasteiger partial charge is 0.174 e. The lowest BCUT2D eigenvalue weighted by Gasteiger charge is -2.29. The van der Waals surface area contributed by atoms with Crippen LogP contribution in [0.4, 0.5) is 5.82 Å². The van der Waals surface area contributed by atoms with Crippen molar-refractivity contribution in [3.8, 4) is 5.82 Å². The van der Waals surface area contributed by atoms with Gasteiger partial charge >= 0.3 is 0 Å². The third kappa shape index (κ3) is 4.46. The first-order valence-corrected chi connectivity index (χ1v) is 9.97. The van der Waals surface area contributed by atoms with Gasteiger partial charge in [-0.3, -0.25) is 9.88 Å². The van der Waals surface area contributed by atoms with Crippen molar-refractivity contribution >= 4 is 5.82 Å². The Morgan fingerprint density at radius 3 is 2.69 bits per heavy atom. The molecule has 0 amide bonds. The molecule has 29 heavy (non-hydrogen) atoms. The fraction of sp³-hybridized carbons (Fsp3) is 0.409. The van der Waals surface area contributed by atoms with Crippen LogP contribution in [-0.2, 0) is 6.54 Å². The second-order valence-corrected chi connectivity index (χ2v) is 8.10. The van der Waals surface area contributed by atoms with E-state index < -0.39 is 5.60 Å². The molecule has 7 heteroatoms. The highest BCUT2D eigenvalue weighted by Gasteiger charge is 2.37. The number of likely N-dealkylation sites (tertiary alicyclic amines) is 1. The van der Waals surface area contributed by atoms with E-state index >= 15 is 0 Å². The Morgan fingerprint density at radius 1 is 1.17 bits per heavy atom. The summed E-state index contributed by atoms with van der Waals surface area (Å²) >= 11 is 0. The molecule has 0 saturated carbocycles. The first-order chi connectivity index (χ1) is 13.9. The molecule has 0 spiro atoms. The summed E-state index contributed by atoms with van der Waals surface area (Å²) in [7, 11) is 1.95. The van der Waals surface area contributed by atoms with Gasteiger partial charge in [0.15, 0.2) is 5.82 Å². The molecule has 1 atom stereocenters. The number of rotatable bonds is 6. The van der Waals surface area contributed by atoms with Crippen molar-refractivity contribution in [2.45, 2.75) is 32.4 Å². The second-order valence-electron chi connectivity index (χ2n) is 8.10. The van der Waals surface area contributed by atoms with Crippen molar-refractivity contribution in [2.75, 3.05) is 31.6 Å². The van der Waals surface area contributed by atoms with Crippen LogP contribution >= 0.6 is 0 Å². The molecule has 1 unspecified atom stereocenters. The maximum Gasteiger partial charge on any atom is 0.174 e. The van der Waals surface area contributed by atoms with Gasteiger partial charge in [0.05, 0.1) is 23.7 Å². The molecule has 1 fully saturated rings. The Balaban J connectivity index is 1.43. The first kappa shape index (κ1) is 19.5. The number of aromatic nitrogens is 4. The summed E-state index contributed by atoms with van der Waals surface area (Å²) in [5.74, 6) is 1.41. The van der Waals surface area contributed by atoms with Crippen LogP contribution in [0.1, 0.15) is 23.4 Å². The number of benzene rings is 1. The minimum atomic E-state index is -0.764. The van der Waals surface area contributed by atoms with Gasteiger partial charge in [0.1, 0.15) is 5.82 Å². The summed E-state index contributed by atoms with van der Waals surface area (Å²) in [5.41, 5.74) is 2.47. The number of hydrogen-bond donors (Lipinski definition) is 1. The number of β-amino-alcohol motifs (C(OH)–C–C–N with tert-alkyl or cyclic N) is 1. The molecule has 152 valence electrons. The van der Waals surface area contributed by atoms with Gasteiger partial charge in [0.25, 0.3) is 0 Å². The fourth-order valence-corrected chi connectivity index (χ4v) is 4.06. The number of nitrogens with zero attached hydrogens (tertiary/aromatic N) is 6. The van der Waals surface area contributed by atoms with E-state index in [-0.39, 0.29) is 0 Å². The predicted molar refractivity (Wildman–Crippen MR) is 113 cm³/mol. The molecule has 2 aromatic heterocycles. The molecular weight excluding hydrogens is 364 g/mol. The quantitative estimate of drug-likeness (QED) is 0.694. The molecule has 0 aliphatic carbocycles. The van der Waals surface area contributed by atoms with Crippen LogP contribution in [0.25, 0.3) is 5.82 Å². The molecule has 3 heterocycles. The topological polar surface area (TPSA) is 70.3 Å². The van der Waals surface area contributed by atoms with E-state index in [1.54, 1.807) is 17.1 Å². The van der Waals surface area contributed by atoms with Gasteiger partial charge in [-0.15, -0.1) is 0 Å². The van der Waals surface area contributed by atoms with E-state index in [1.807, 2.05) is 37.9 Å². The van der Waals surface area contributed by atoms with Crippen molar-refractivity contribution in [1.82, 2.24) is 24.6 Å². The lowest BCUT2D eigenvalue weighted by Crippen LogP contribution is -2.44. The van der Waals surface area contributed by atoms with Gasteiger partial charge in [-0.05, 0) is 31.9 Å². The highest BCUT2D eigenvalue weighted by atomic mass is 16.3. The average Bonchev–Trinajstić information content (AvgIpc) is 3.24. The molecule has 4 rings (SSSR count). The van der Waals surface area contributed by atoms with Gasteiger partial charge in [-0.2, -0.15) is 5.10 Å². The largest absolute Gasteiger partial charge is 0.387 e. The maximum atomic E-state index is 11.2. The third-order valence-electron chi connectivity index (χ3n) is 5.42. The highest BCUT2D eigenvalue weighted by Crippen LogP contribution is 2.25. The van der Waals surface area contributed by atoms with Crippen LogP contribution in [0.3, 0.4) is 0 Å². The van der Waals surface area contributed by atoms with Gasteiger partial charge in [-0.25, -0.2) is 9.67 Å². The number of hydrogen-bond acceptors (Lipinski definition) is 6. The van der Waals surface area contributed by atoms with Gasteiger partial charge < -0.3 is 10.0 Å². The van der Waals surface area contributed by atoms with Crippen LogP contribution in [0.2, 0.25) is 0 Å². The van der Waals surface area contributed by atoms with Gasteiger partial charge in [0, 0.05) is 38.9 Å². The van der Waals surface area contributed by atoms with Crippen molar-refractivity contribution in [1.29, 1.82) is 0 Å². The number of anilines is 1. The molecule has 1 aliphatic rings. The molecule has 1 N–H and O–H groups in total. The molecule has 3 aromatic rings. The Bertz CT molecular complexity index is 972. The van der Waals surface area contributed by atoms with Gasteiger partial charge in [-0.1, -0.05) is 30.3 Å². The molecular formula is C22H28N6O. The zero-order chi connectivity index (χ0) is 20.4. The van der Waals surface area contributed by atoms with Crippen LogP contribution in [-0.4, -0.2) is 62.0 Å². The minimum absolute atomic E-state index is 0.507. The van der Waals surface area contributed by atoms with Crippen molar-refractivity contribution in [3.63, 3.8) is 0 Å². The normalized spacial score (nSPS) is 19.6. The Labute approximate surface area is 171 Å². The summed E-state index contributed by atoms with van der Waals surface area (Å²) < 4.78 is 1.80. The van der Waals surface area contributed by atoms with E-state index in [9.17, 15) is 5.11 Å². The molecule has 1 aliphatic heterocycles. The minimum Gasteiger partial charge on any atom is -0.387 e. The monoisotopic (exact) mass is 392 g/mol. The molecule has 0 radical (unpaired) electrons. The number of aryl methyl sites for hydroxylation is 2. The van der Waals surface area contributed by atoms with E-state index in [0.717, 1.165) is 36.7 Å². The number of likely N-dealkylation sites (N-methyl/N-ethyl adjacent to an activating group) is 1. The van der Waals surface area contributed by atoms with Crippen LogP contribution in [0.5, 0.6) is 0 Å². The average molecular weight is 393 g/mol. The summed E-state index contributed by atoms with van der Waals surface area (Å²) in [6.45, 7) is 6.87. The fourth-order valence-electron chi connectivity index (χ4n) is 4.06. The zero-order valence-electron chi connectivity index (χ0n) is 17.3. The van der Waals surface area contributed by atoms with Crippen molar-refractivity contribution < 1.29 is 5.11 Å². The molecule has 1 saturated heterocycles. The van der Waals surface area contributed by atoms with Crippen LogP contribution in [0, 0.1) is 13.8 Å². The van der Waals surface area contributed by atoms with E-state index in [2.05, 4.69) is 39.2 Å². The SMILES string of the molecule is Cc1cc(C)n(-c2cncc(N(C)CC3(O)CCN(Cc4ccccc4)C3)n2)n1. The Morgan fingerprint density at radius 2 is 1.97 bits per heavy atom. The Kier molecular flexibility index (Phi) is 5.34. The molecule has 0 bridgehead atoms. The summed E-state index contributed by atoms with van der Waals surface area (Å²) in [4.78, 5) is 13.3.